The molecule has 0 aliphatic rings. The van der Waals surface area contributed by atoms with E-state index in [0.29, 0.717) is 0 Å². The van der Waals surface area contributed by atoms with Crippen molar-refractivity contribution in [1.82, 2.24) is 5.43 Å². The van der Waals surface area contributed by atoms with Gasteiger partial charge in [-0.3, -0.25) is 9.59 Å². The molecular weight excluding hydrogens is 220 g/mol. The standard InChI is InChI=1S/C12H12N2O3/c15-11(9-12(16)17)14-13-8-4-7-10-5-2-1-3-6-10/h1-8H,9H2,(H,14,15)(H,16,17)/b7-4+,13-8-. The molecule has 0 fully saturated rings. The first-order valence-electron chi connectivity index (χ1n) is 4.94. The lowest BCUT2D eigenvalue weighted by molar-refractivity contribution is -0.140. The van der Waals surface area contributed by atoms with E-state index < -0.39 is 18.3 Å². The number of allylic oxidation sites excluding steroid dienone is 1. The number of carbonyl (C=O) groups is 2. The number of hydrazone groups is 1. The summed E-state index contributed by atoms with van der Waals surface area (Å²) in [5, 5.41) is 11.9. The molecule has 2 N–H and O–H groups in total. The average Bonchev–Trinajstić information content (AvgIpc) is 2.29. The molecule has 1 amide bonds. The summed E-state index contributed by atoms with van der Waals surface area (Å²) in [6.07, 6.45) is 4.26. The van der Waals surface area contributed by atoms with Crippen molar-refractivity contribution in [3.63, 3.8) is 0 Å². The smallest absolute Gasteiger partial charge is 0.312 e. The molecule has 0 atom stereocenters. The fraction of sp³-hybridized carbons (Fsp3) is 0.0833. The zero-order valence-electron chi connectivity index (χ0n) is 9.04. The first kappa shape index (κ1) is 12.6. The van der Waals surface area contributed by atoms with Crippen LogP contribution in [-0.2, 0) is 9.59 Å². The van der Waals surface area contributed by atoms with E-state index in [1.54, 1.807) is 6.08 Å². The van der Waals surface area contributed by atoms with Crippen molar-refractivity contribution in [1.29, 1.82) is 0 Å². The van der Waals surface area contributed by atoms with Crippen molar-refractivity contribution in [2.75, 3.05) is 0 Å². The molecule has 88 valence electrons. The van der Waals surface area contributed by atoms with E-state index in [1.807, 2.05) is 36.4 Å². The van der Waals surface area contributed by atoms with Gasteiger partial charge in [0, 0.05) is 6.21 Å². The van der Waals surface area contributed by atoms with Gasteiger partial charge >= 0.3 is 5.97 Å². The summed E-state index contributed by atoms with van der Waals surface area (Å²) in [5.41, 5.74) is 3.11. The predicted molar refractivity (Wildman–Crippen MR) is 64.4 cm³/mol. The van der Waals surface area contributed by atoms with Crippen molar-refractivity contribution < 1.29 is 14.7 Å². The highest BCUT2D eigenvalue weighted by Crippen LogP contribution is 1.99. The van der Waals surface area contributed by atoms with Crippen LogP contribution in [0.5, 0.6) is 0 Å². The largest absolute Gasteiger partial charge is 0.481 e. The minimum Gasteiger partial charge on any atom is -0.481 e. The molecule has 1 aromatic carbocycles. The topological polar surface area (TPSA) is 78.8 Å². The molecule has 0 bridgehead atoms. The summed E-state index contributed by atoms with van der Waals surface area (Å²) in [5.74, 6) is -1.83. The Hall–Kier alpha value is -2.43. The van der Waals surface area contributed by atoms with Crippen LogP contribution >= 0.6 is 0 Å². The molecule has 0 radical (unpaired) electrons. The third kappa shape index (κ3) is 5.88. The molecule has 5 heteroatoms. The number of amides is 1. The van der Waals surface area contributed by atoms with Gasteiger partial charge in [-0.15, -0.1) is 0 Å². The molecule has 0 spiro atoms. The fourth-order valence-electron chi connectivity index (χ4n) is 1.05. The SMILES string of the molecule is O=C(O)CC(=O)N/N=C\C=C\c1ccccc1. The number of carboxylic acid groups (broad SMARTS) is 1. The van der Waals surface area contributed by atoms with E-state index in [2.05, 4.69) is 10.5 Å². The Balaban J connectivity index is 2.33. The summed E-state index contributed by atoms with van der Waals surface area (Å²) < 4.78 is 0. The van der Waals surface area contributed by atoms with E-state index in [0.717, 1.165) is 5.56 Å². The van der Waals surface area contributed by atoms with Crippen molar-refractivity contribution in [2.45, 2.75) is 6.42 Å². The third-order valence-corrected chi connectivity index (χ3v) is 1.75. The van der Waals surface area contributed by atoms with E-state index >= 15 is 0 Å². The molecule has 5 nitrogen and oxygen atoms in total. The number of aliphatic carboxylic acids is 1. The van der Waals surface area contributed by atoms with Gasteiger partial charge < -0.3 is 5.11 Å². The Kier molecular flexibility index (Phi) is 5.16. The highest BCUT2D eigenvalue weighted by Gasteiger charge is 2.04. The molecule has 1 rings (SSSR count). The number of benzene rings is 1. The quantitative estimate of drug-likeness (QED) is 0.456. The molecule has 0 saturated heterocycles. The molecule has 0 aliphatic carbocycles. The van der Waals surface area contributed by atoms with E-state index in [4.69, 9.17) is 5.11 Å². The minimum atomic E-state index is -1.18. The van der Waals surface area contributed by atoms with Crippen LogP contribution in [0.15, 0.2) is 41.5 Å². The molecule has 17 heavy (non-hydrogen) atoms. The number of carboxylic acids is 1. The van der Waals surface area contributed by atoms with Crippen LogP contribution in [0.2, 0.25) is 0 Å². The van der Waals surface area contributed by atoms with Crippen molar-refractivity contribution in [2.24, 2.45) is 5.10 Å². The van der Waals surface area contributed by atoms with Gasteiger partial charge in [0.1, 0.15) is 6.42 Å². The zero-order chi connectivity index (χ0) is 12.5. The number of nitrogens with one attached hydrogen (secondary N) is 1. The maximum absolute atomic E-state index is 10.9. The Bertz CT molecular complexity index is 438. The Labute approximate surface area is 98.5 Å². The number of nitrogens with zero attached hydrogens (tertiary/aromatic N) is 1. The van der Waals surface area contributed by atoms with Crippen LogP contribution in [0, 0.1) is 0 Å². The van der Waals surface area contributed by atoms with Gasteiger partial charge in [0.25, 0.3) is 5.91 Å². The summed E-state index contributed by atoms with van der Waals surface area (Å²) in [4.78, 5) is 21.0. The zero-order valence-corrected chi connectivity index (χ0v) is 9.04. The van der Waals surface area contributed by atoms with Gasteiger partial charge in [-0.25, -0.2) is 5.43 Å². The second-order valence-electron chi connectivity index (χ2n) is 3.15. The first-order chi connectivity index (χ1) is 8.18. The molecule has 0 aliphatic heterocycles. The maximum Gasteiger partial charge on any atom is 0.312 e. The summed E-state index contributed by atoms with van der Waals surface area (Å²) in [7, 11) is 0. The molecular formula is C12H12N2O3. The van der Waals surface area contributed by atoms with Gasteiger partial charge in [0.05, 0.1) is 0 Å². The number of rotatable bonds is 5. The van der Waals surface area contributed by atoms with E-state index in [9.17, 15) is 9.59 Å². The van der Waals surface area contributed by atoms with Gasteiger partial charge in [0.15, 0.2) is 0 Å². The van der Waals surface area contributed by atoms with Crippen LogP contribution in [0.25, 0.3) is 6.08 Å². The van der Waals surface area contributed by atoms with Crippen LogP contribution in [-0.4, -0.2) is 23.2 Å². The van der Waals surface area contributed by atoms with Crippen molar-refractivity contribution in [3.8, 4) is 0 Å². The lowest BCUT2D eigenvalue weighted by Gasteiger charge is -1.93. The van der Waals surface area contributed by atoms with Gasteiger partial charge in [0.2, 0.25) is 0 Å². The van der Waals surface area contributed by atoms with E-state index in [-0.39, 0.29) is 0 Å². The molecule has 0 saturated carbocycles. The first-order valence-corrected chi connectivity index (χ1v) is 4.94. The fourth-order valence-corrected chi connectivity index (χ4v) is 1.05. The molecule has 0 heterocycles. The lowest BCUT2D eigenvalue weighted by Crippen LogP contribution is -2.20. The second-order valence-corrected chi connectivity index (χ2v) is 3.15. The Morgan fingerprint density at radius 2 is 2.00 bits per heavy atom. The third-order valence-electron chi connectivity index (χ3n) is 1.75. The van der Waals surface area contributed by atoms with Gasteiger partial charge in [-0.2, -0.15) is 5.10 Å². The number of carbonyl (C=O) groups excluding carboxylic acids is 1. The summed E-state index contributed by atoms with van der Waals surface area (Å²) >= 11 is 0. The average molecular weight is 232 g/mol. The Morgan fingerprint density at radius 1 is 1.29 bits per heavy atom. The van der Waals surface area contributed by atoms with Crippen molar-refractivity contribution in [3.05, 3.63) is 42.0 Å². The predicted octanol–water partition coefficient (Wildman–Crippen LogP) is 1.28. The van der Waals surface area contributed by atoms with Crippen LogP contribution in [0.4, 0.5) is 0 Å². The van der Waals surface area contributed by atoms with Crippen LogP contribution < -0.4 is 5.43 Å². The minimum absolute atomic E-state index is 0.584. The molecule has 0 aromatic heterocycles. The van der Waals surface area contributed by atoms with Crippen LogP contribution in [0.1, 0.15) is 12.0 Å². The molecule has 0 unspecified atom stereocenters. The highest BCUT2D eigenvalue weighted by molar-refractivity contribution is 5.93. The van der Waals surface area contributed by atoms with E-state index in [1.165, 1.54) is 6.21 Å². The monoisotopic (exact) mass is 232 g/mol. The Morgan fingerprint density at radius 3 is 2.65 bits per heavy atom. The number of hydrogen-bond donors (Lipinski definition) is 2. The van der Waals surface area contributed by atoms with Gasteiger partial charge in [-0.1, -0.05) is 36.4 Å². The van der Waals surface area contributed by atoms with Gasteiger partial charge in [-0.05, 0) is 11.6 Å². The summed E-state index contributed by atoms with van der Waals surface area (Å²) in [6.45, 7) is 0. The normalized spacial score (nSPS) is 10.8. The highest BCUT2D eigenvalue weighted by atomic mass is 16.4. The number of hydrogen-bond acceptors (Lipinski definition) is 3. The summed E-state index contributed by atoms with van der Waals surface area (Å²) in [6, 6.07) is 9.58. The van der Waals surface area contributed by atoms with Crippen molar-refractivity contribution >= 4 is 24.2 Å². The van der Waals surface area contributed by atoms with Crippen LogP contribution in [0.3, 0.4) is 0 Å². The molecule has 1 aromatic rings. The second kappa shape index (κ2) is 6.95. The maximum atomic E-state index is 10.9. The lowest BCUT2D eigenvalue weighted by atomic mass is 10.2.